The molecule has 0 saturated carbocycles. The molecule has 1 aromatic carbocycles. The number of nitrogens with zero attached hydrogens (tertiary/aromatic N) is 1. The Kier molecular flexibility index (Phi) is 9.64. The van der Waals surface area contributed by atoms with E-state index in [9.17, 15) is 19.2 Å². The molecule has 2 amide bonds. The van der Waals surface area contributed by atoms with Gasteiger partial charge in [-0.3, -0.25) is 19.2 Å². The smallest absolute Gasteiger partial charge is 0.307 e. The van der Waals surface area contributed by atoms with Crippen molar-refractivity contribution in [1.82, 2.24) is 4.90 Å². The van der Waals surface area contributed by atoms with Gasteiger partial charge in [0, 0.05) is 36.0 Å². The van der Waals surface area contributed by atoms with Crippen LogP contribution >= 0.6 is 0 Å². The summed E-state index contributed by atoms with van der Waals surface area (Å²) in [6, 6.07) is 6.51. The molecule has 0 fully saturated rings. The summed E-state index contributed by atoms with van der Waals surface area (Å²) in [6.07, 6.45) is 2.11. The number of esters is 1. The first-order chi connectivity index (χ1) is 13.3. The van der Waals surface area contributed by atoms with E-state index in [2.05, 4.69) is 5.32 Å². The number of Topliss-reactive ketones (excluding diaryl/α,β-unsaturated/α-hetero) is 1. The number of anilines is 1. The lowest BCUT2D eigenvalue weighted by Gasteiger charge is -2.20. The van der Waals surface area contributed by atoms with Crippen LogP contribution < -0.4 is 5.32 Å². The number of carbonyl (C=O) groups is 4. The van der Waals surface area contributed by atoms with Crippen molar-refractivity contribution in [2.45, 2.75) is 40.5 Å². The Morgan fingerprint density at radius 2 is 1.68 bits per heavy atom. The molecule has 0 atom stereocenters. The van der Waals surface area contributed by atoms with Gasteiger partial charge in [0.1, 0.15) is 0 Å². The van der Waals surface area contributed by atoms with Crippen molar-refractivity contribution in [2.24, 2.45) is 0 Å². The van der Waals surface area contributed by atoms with Crippen LogP contribution in [0.4, 0.5) is 5.69 Å². The summed E-state index contributed by atoms with van der Waals surface area (Å²) in [6.45, 7) is 7.69. The van der Waals surface area contributed by atoms with E-state index < -0.39 is 5.91 Å². The van der Waals surface area contributed by atoms with E-state index in [4.69, 9.17) is 4.74 Å². The zero-order valence-electron chi connectivity index (χ0n) is 16.9. The van der Waals surface area contributed by atoms with Gasteiger partial charge in [-0.1, -0.05) is 6.92 Å². The molecule has 0 aromatic heterocycles. The summed E-state index contributed by atoms with van der Waals surface area (Å²) < 4.78 is 4.88. The van der Waals surface area contributed by atoms with Gasteiger partial charge >= 0.3 is 5.97 Å². The highest BCUT2D eigenvalue weighted by Gasteiger charge is 2.15. The minimum Gasteiger partial charge on any atom is -0.466 e. The van der Waals surface area contributed by atoms with E-state index in [-0.39, 0.29) is 36.2 Å². The van der Waals surface area contributed by atoms with Gasteiger partial charge in [-0.05, 0) is 51.5 Å². The van der Waals surface area contributed by atoms with Crippen LogP contribution in [0, 0.1) is 0 Å². The topological polar surface area (TPSA) is 92.8 Å². The van der Waals surface area contributed by atoms with Crippen LogP contribution in [0.15, 0.2) is 35.9 Å². The molecule has 0 aliphatic heterocycles. The van der Waals surface area contributed by atoms with Crippen molar-refractivity contribution >= 4 is 29.3 Å². The molecule has 0 bridgehead atoms. The fourth-order valence-electron chi connectivity index (χ4n) is 2.42. The fourth-order valence-corrected chi connectivity index (χ4v) is 2.42. The van der Waals surface area contributed by atoms with E-state index in [0.29, 0.717) is 24.4 Å². The number of nitrogens with one attached hydrogen (secondary N) is 1. The summed E-state index contributed by atoms with van der Waals surface area (Å²) in [5.74, 6) is -1.15. The Morgan fingerprint density at radius 3 is 2.21 bits per heavy atom. The molecule has 7 nitrogen and oxygen atoms in total. The highest BCUT2D eigenvalue weighted by atomic mass is 16.5. The lowest BCUT2D eigenvalue weighted by atomic mass is 10.1. The molecule has 0 saturated heterocycles. The molecule has 152 valence electrons. The number of hydrogen-bond acceptors (Lipinski definition) is 5. The molecule has 0 spiro atoms. The van der Waals surface area contributed by atoms with Crippen LogP contribution in [0.5, 0.6) is 0 Å². The number of carbonyl (C=O) groups excluding carboxylic acids is 4. The predicted molar refractivity (Wildman–Crippen MR) is 107 cm³/mol. The minimum atomic E-state index is -0.411. The summed E-state index contributed by atoms with van der Waals surface area (Å²) >= 11 is 0. The van der Waals surface area contributed by atoms with Crippen LogP contribution in [-0.2, 0) is 19.1 Å². The maximum atomic E-state index is 12.5. The second kappa shape index (κ2) is 11.7. The van der Waals surface area contributed by atoms with Crippen LogP contribution in [0.25, 0.3) is 0 Å². The van der Waals surface area contributed by atoms with Gasteiger partial charge in [0.2, 0.25) is 5.91 Å². The van der Waals surface area contributed by atoms with Gasteiger partial charge in [0.05, 0.1) is 13.0 Å². The highest BCUT2D eigenvalue weighted by Crippen LogP contribution is 2.11. The number of ketones is 1. The van der Waals surface area contributed by atoms with Gasteiger partial charge in [0.25, 0.3) is 5.91 Å². The fraction of sp³-hybridized carbons (Fsp3) is 0.429. The normalized spacial score (nSPS) is 10.9. The largest absolute Gasteiger partial charge is 0.466 e. The lowest BCUT2D eigenvalue weighted by molar-refractivity contribution is -0.143. The molecule has 1 rings (SSSR count). The Balaban J connectivity index is 2.73. The first-order valence-electron chi connectivity index (χ1n) is 9.33. The number of amides is 2. The Morgan fingerprint density at radius 1 is 1.04 bits per heavy atom. The van der Waals surface area contributed by atoms with Crippen LogP contribution in [0.2, 0.25) is 0 Å². The third-order valence-corrected chi connectivity index (χ3v) is 3.94. The minimum absolute atomic E-state index is 0.0571. The van der Waals surface area contributed by atoms with Crippen molar-refractivity contribution in [3.8, 4) is 0 Å². The second-order valence-electron chi connectivity index (χ2n) is 6.30. The molecule has 1 N–H and O–H groups in total. The molecule has 0 aliphatic carbocycles. The number of hydrogen-bond donors (Lipinski definition) is 1. The third-order valence-electron chi connectivity index (χ3n) is 3.94. The Bertz CT molecular complexity index is 738. The van der Waals surface area contributed by atoms with E-state index in [1.807, 2.05) is 6.92 Å². The number of benzene rings is 1. The molecule has 0 unspecified atom stereocenters. The van der Waals surface area contributed by atoms with Gasteiger partial charge < -0.3 is 15.0 Å². The molecule has 1 aromatic rings. The van der Waals surface area contributed by atoms with E-state index in [1.54, 1.807) is 38.1 Å². The van der Waals surface area contributed by atoms with Gasteiger partial charge in [-0.2, -0.15) is 0 Å². The average molecular weight is 388 g/mol. The van der Waals surface area contributed by atoms with Crippen molar-refractivity contribution in [3.05, 3.63) is 41.5 Å². The first-order valence-corrected chi connectivity index (χ1v) is 9.33. The summed E-state index contributed by atoms with van der Waals surface area (Å²) in [5, 5.41) is 2.69. The van der Waals surface area contributed by atoms with E-state index in [1.165, 1.54) is 17.9 Å². The van der Waals surface area contributed by atoms with Crippen LogP contribution in [0.1, 0.15) is 50.9 Å². The summed E-state index contributed by atoms with van der Waals surface area (Å²) in [7, 11) is 0. The first kappa shape index (κ1) is 23.1. The average Bonchev–Trinajstić information content (AvgIpc) is 2.65. The quantitative estimate of drug-likeness (QED) is 0.378. The molecular formula is C21H28N2O5. The molecule has 0 aliphatic rings. The zero-order valence-corrected chi connectivity index (χ0v) is 16.9. The summed E-state index contributed by atoms with van der Waals surface area (Å²) in [4.78, 5) is 49.1. The molecular weight excluding hydrogens is 360 g/mol. The van der Waals surface area contributed by atoms with Crippen molar-refractivity contribution in [2.75, 3.05) is 25.0 Å². The van der Waals surface area contributed by atoms with E-state index >= 15 is 0 Å². The molecule has 0 radical (unpaired) electrons. The predicted octanol–water partition coefficient (Wildman–Crippen LogP) is 2.97. The van der Waals surface area contributed by atoms with Crippen molar-refractivity contribution in [1.29, 1.82) is 0 Å². The maximum Gasteiger partial charge on any atom is 0.307 e. The lowest BCUT2D eigenvalue weighted by Crippen LogP contribution is -2.33. The Hall–Kier alpha value is -2.96. The molecule has 0 heterocycles. The Labute approximate surface area is 165 Å². The summed E-state index contributed by atoms with van der Waals surface area (Å²) in [5.41, 5.74) is 1.33. The number of ether oxygens (including phenoxy) is 1. The maximum absolute atomic E-state index is 12.5. The molecule has 7 heteroatoms. The number of rotatable bonds is 10. The van der Waals surface area contributed by atoms with Gasteiger partial charge in [0.15, 0.2) is 5.78 Å². The zero-order chi connectivity index (χ0) is 21.1. The monoisotopic (exact) mass is 388 g/mol. The highest BCUT2D eigenvalue weighted by molar-refractivity contribution is 6.07. The standard InChI is InChI=1S/C21H28N2O5/c1-5-12-23(13-11-20(26)28-6-2)19(25)14-15(3)21(27)22-18-9-7-17(8-10-18)16(4)24/h7-10,14H,5-6,11-13H2,1-4H3,(H,22,27)/b15-14-. The second-order valence-corrected chi connectivity index (χ2v) is 6.30. The van der Waals surface area contributed by atoms with Gasteiger partial charge in [-0.25, -0.2) is 0 Å². The SMILES string of the molecule is CCCN(CCC(=O)OCC)C(=O)/C=C(/C)C(=O)Nc1ccc(C(C)=O)cc1. The molecule has 28 heavy (non-hydrogen) atoms. The van der Waals surface area contributed by atoms with Crippen molar-refractivity contribution < 1.29 is 23.9 Å². The van der Waals surface area contributed by atoms with E-state index in [0.717, 1.165) is 6.42 Å². The third kappa shape index (κ3) is 7.73. The van der Waals surface area contributed by atoms with Gasteiger partial charge in [-0.15, -0.1) is 0 Å². The van der Waals surface area contributed by atoms with Crippen LogP contribution in [0.3, 0.4) is 0 Å². The van der Waals surface area contributed by atoms with Crippen molar-refractivity contribution in [3.63, 3.8) is 0 Å². The van der Waals surface area contributed by atoms with Crippen LogP contribution in [-0.4, -0.2) is 48.2 Å².